The van der Waals surface area contributed by atoms with Crippen molar-refractivity contribution in [3.63, 3.8) is 0 Å². The summed E-state index contributed by atoms with van der Waals surface area (Å²) in [6.07, 6.45) is 1.87. The molecule has 0 aromatic heterocycles. The van der Waals surface area contributed by atoms with E-state index in [0.29, 0.717) is 19.4 Å². The van der Waals surface area contributed by atoms with Gasteiger partial charge in [-0.1, -0.05) is 29.8 Å². The zero-order valence-electron chi connectivity index (χ0n) is 10.5. The SMILES string of the molecule is Cc1cccc(CCNC(=O)C2CCC(=O)N2)c1. The van der Waals surface area contributed by atoms with E-state index >= 15 is 0 Å². The van der Waals surface area contributed by atoms with Crippen molar-refractivity contribution in [2.24, 2.45) is 0 Å². The summed E-state index contributed by atoms with van der Waals surface area (Å²) in [4.78, 5) is 22.7. The van der Waals surface area contributed by atoms with E-state index in [2.05, 4.69) is 35.8 Å². The molecule has 4 heteroatoms. The second-order valence-corrected chi connectivity index (χ2v) is 4.69. The minimum atomic E-state index is -0.338. The maximum Gasteiger partial charge on any atom is 0.242 e. The maximum atomic E-state index is 11.7. The van der Waals surface area contributed by atoms with Crippen LogP contribution < -0.4 is 10.6 Å². The highest BCUT2D eigenvalue weighted by atomic mass is 16.2. The number of hydrogen-bond acceptors (Lipinski definition) is 2. The van der Waals surface area contributed by atoms with Gasteiger partial charge < -0.3 is 10.6 Å². The average molecular weight is 246 g/mol. The molecule has 2 N–H and O–H groups in total. The number of carbonyl (C=O) groups excluding carboxylic acids is 2. The zero-order chi connectivity index (χ0) is 13.0. The number of amides is 2. The van der Waals surface area contributed by atoms with Crippen molar-refractivity contribution in [3.05, 3.63) is 35.4 Å². The summed E-state index contributed by atoms with van der Waals surface area (Å²) in [5.74, 6) is -0.109. The van der Waals surface area contributed by atoms with E-state index in [9.17, 15) is 9.59 Å². The molecule has 2 amide bonds. The fourth-order valence-electron chi connectivity index (χ4n) is 2.13. The van der Waals surface area contributed by atoms with Gasteiger partial charge in [-0.2, -0.15) is 0 Å². The fourth-order valence-corrected chi connectivity index (χ4v) is 2.13. The smallest absolute Gasteiger partial charge is 0.242 e. The van der Waals surface area contributed by atoms with E-state index in [-0.39, 0.29) is 17.9 Å². The van der Waals surface area contributed by atoms with Crippen molar-refractivity contribution in [2.75, 3.05) is 6.54 Å². The normalized spacial score (nSPS) is 18.5. The van der Waals surface area contributed by atoms with Gasteiger partial charge in [0.1, 0.15) is 6.04 Å². The Kier molecular flexibility index (Phi) is 3.97. The Morgan fingerprint density at radius 2 is 2.33 bits per heavy atom. The molecular weight excluding hydrogens is 228 g/mol. The Morgan fingerprint density at radius 3 is 3.00 bits per heavy atom. The van der Waals surface area contributed by atoms with Crippen molar-refractivity contribution >= 4 is 11.8 Å². The van der Waals surface area contributed by atoms with Gasteiger partial charge in [0.25, 0.3) is 0 Å². The molecule has 18 heavy (non-hydrogen) atoms. The Morgan fingerprint density at radius 1 is 1.50 bits per heavy atom. The van der Waals surface area contributed by atoms with Crippen LogP contribution >= 0.6 is 0 Å². The molecule has 0 bridgehead atoms. The largest absolute Gasteiger partial charge is 0.354 e. The molecule has 0 saturated carbocycles. The Balaban J connectivity index is 1.75. The lowest BCUT2D eigenvalue weighted by molar-refractivity contribution is -0.125. The van der Waals surface area contributed by atoms with Crippen LogP contribution in [0.15, 0.2) is 24.3 Å². The number of aryl methyl sites for hydroxylation is 1. The summed E-state index contributed by atoms with van der Waals surface area (Å²) in [5.41, 5.74) is 2.44. The van der Waals surface area contributed by atoms with E-state index in [1.165, 1.54) is 11.1 Å². The van der Waals surface area contributed by atoms with Crippen LogP contribution in [0.25, 0.3) is 0 Å². The third kappa shape index (κ3) is 3.32. The van der Waals surface area contributed by atoms with E-state index in [1.807, 2.05) is 6.07 Å². The van der Waals surface area contributed by atoms with Crippen LogP contribution in [0, 0.1) is 6.92 Å². The molecule has 4 nitrogen and oxygen atoms in total. The van der Waals surface area contributed by atoms with E-state index in [1.54, 1.807) is 0 Å². The summed E-state index contributed by atoms with van der Waals surface area (Å²) in [6, 6.07) is 7.90. The Hall–Kier alpha value is -1.84. The predicted molar refractivity (Wildman–Crippen MR) is 69.1 cm³/mol. The van der Waals surface area contributed by atoms with Crippen molar-refractivity contribution in [3.8, 4) is 0 Å². The van der Waals surface area contributed by atoms with Crippen LogP contribution in [0.1, 0.15) is 24.0 Å². The summed E-state index contributed by atoms with van der Waals surface area (Å²) >= 11 is 0. The van der Waals surface area contributed by atoms with Gasteiger partial charge in [0.15, 0.2) is 0 Å². The summed E-state index contributed by atoms with van der Waals surface area (Å²) in [7, 11) is 0. The molecular formula is C14H18N2O2. The molecule has 0 radical (unpaired) electrons. The molecule has 1 fully saturated rings. The fraction of sp³-hybridized carbons (Fsp3) is 0.429. The van der Waals surface area contributed by atoms with Gasteiger partial charge in [0.05, 0.1) is 0 Å². The number of rotatable bonds is 4. The van der Waals surface area contributed by atoms with E-state index < -0.39 is 0 Å². The molecule has 2 rings (SSSR count). The molecule has 0 spiro atoms. The number of nitrogens with one attached hydrogen (secondary N) is 2. The molecule has 1 aliphatic rings. The van der Waals surface area contributed by atoms with Crippen LogP contribution in [0.3, 0.4) is 0 Å². The molecule has 1 saturated heterocycles. The maximum absolute atomic E-state index is 11.7. The summed E-state index contributed by atoms with van der Waals surface area (Å²) in [6.45, 7) is 2.66. The molecule has 1 aromatic rings. The highest BCUT2D eigenvalue weighted by molar-refractivity contribution is 5.90. The number of benzene rings is 1. The van der Waals surface area contributed by atoms with Crippen molar-refractivity contribution in [1.82, 2.24) is 10.6 Å². The molecule has 0 aliphatic carbocycles. The first-order valence-electron chi connectivity index (χ1n) is 6.28. The van der Waals surface area contributed by atoms with Crippen LogP contribution in [0.5, 0.6) is 0 Å². The van der Waals surface area contributed by atoms with Gasteiger partial charge in [-0.05, 0) is 25.3 Å². The van der Waals surface area contributed by atoms with Crippen LogP contribution in [0.2, 0.25) is 0 Å². The third-order valence-electron chi connectivity index (χ3n) is 3.11. The highest BCUT2D eigenvalue weighted by Gasteiger charge is 2.26. The van der Waals surface area contributed by atoms with E-state index in [0.717, 1.165) is 6.42 Å². The predicted octanol–water partition coefficient (Wildman–Crippen LogP) is 0.932. The minimum absolute atomic E-state index is 0.0335. The minimum Gasteiger partial charge on any atom is -0.354 e. The van der Waals surface area contributed by atoms with Gasteiger partial charge in [0.2, 0.25) is 11.8 Å². The third-order valence-corrected chi connectivity index (χ3v) is 3.11. The van der Waals surface area contributed by atoms with Gasteiger partial charge in [-0.25, -0.2) is 0 Å². The van der Waals surface area contributed by atoms with Crippen molar-refractivity contribution in [2.45, 2.75) is 32.2 Å². The number of carbonyl (C=O) groups is 2. The standard InChI is InChI=1S/C14H18N2O2/c1-10-3-2-4-11(9-10)7-8-15-14(18)12-5-6-13(17)16-12/h2-4,9,12H,5-8H2,1H3,(H,15,18)(H,16,17). The van der Waals surface area contributed by atoms with Crippen LogP contribution in [-0.2, 0) is 16.0 Å². The molecule has 1 heterocycles. The monoisotopic (exact) mass is 246 g/mol. The lowest BCUT2D eigenvalue weighted by Gasteiger charge is -2.10. The lowest BCUT2D eigenvalue weighted by Crippen LogP contribution is -2.42. The Labute approximate surface area is 107 Å². The van der Waals surface area contributed by atoms with E-state index in [4.69, 9.17) is 0 Å². The molecule has 1 atom stereocenters. The van der Waals surface area contributed by atoms with Gasteiger partial charge in [-0.15, -0.1) is 0 Å². The summed E-state index contributed by atoms with van der Waals surface area (Å²) < 4.78 is 0. The Bertz CT molecular complexity index is 457. The topological polar surface area (TPSA) is 58.2 Å². The quantitative estimate of drug-likeness (QED) is 0.830. The average Bonchev–Trinajstić information content (AvgIpc) is 2.76. The molecule has 1 unspecified atom stereocenters. The first kappa shape index (κ1) is 12.6. The first-order chi connectivity index (χ1) is 8.65. The number of hydrogen-bond donors (Lipinski definition) is 2. The molecule has 96 valence electrons. The highest BCUT2D eigenvalue weighted by Crippen LogP contribution is 2.07. The van der Waals surface area contributed by atoms with Crippen LogP contribution in [-0.4, -0.2) is 24.4 Å². The molecule has 1 aromatic carbocycles. The molecule has 1 aliphatic heterocycles. The van der Waals surface area contributed by atoms with Gasteiger partial charge in [0, 0.05) is 13.0 Å². The summed E-state index contributed by atoms with van der Waals surface area (Å²) in [5, 5.41) is 5.52. The lowest BCUT2D eigenvalue weighted by atomic mass is 10.1. The first-order valence-corrected chi connectivity index (χ1v) is 6.28. The second kappa shape index (κ2) is 5.67. The van der Waals surface area contributed by atoms with Crippen molar-refractivity contribution < 1.29 is 9.59 Å². The zero-order valence-corrected chi connectivity index (χ0v) is 10.5. The van der Waals surface area contributed by atoms with Crippen molar-refractivity contribution in [1.29, 1.82) is 0 Å². The van der Waals surface area contributed by atoms with Crippen LogP contribution in [0.4, 0.5) is 0 Å². The van der Waals surface area contributed by atoms with Gasteiger partial charge in [-0.3, -0.25) is 9.59 Å². The van der Waals surface area contributed by atoms with Gasteiger partial charge >= 0.3 is 0 Å². The second-order valence-electron chi connectivity index (χ2n) is 4.69.